The zero-order valence-electron chi connectivity index (χ0n) is 12.4. The first kappa shape index (κ1) is 18.1. The van der Waals surface area contributed by atoms with E-state index in [2.05, 4.69) is 10.6 Å². The Balaban J connectivity index is 0.000000220. The third kappa shape index (κ3) is 5.46. The zero-order valence-corrected chi connectivity index (χ0v) is 12.4. The summed E-state index contributed by atoms with van der Waals surface area (Å²) in [5, 5.41) is 5.47. The molecule has 0 fully saturated rings. The number of hydrogen-bond acceptors (Lipinski definition) is 2. The molecule has 0 saturated carbocycles. The molecule has 0 aliphatic carbocycles. The van der Waals surface area contributed by atoms with Crippen molar-refractivity contribution in [3.63, 3.8) is 0 Å². The summed E-state index contributed by atoms with van der Waals surface area (Å²) in [5.74, 6) is -2.04. The van der Waals surface area contributed by atoms with E-state index < -0.39 is 23.3 Å². The minimum absolute atomic E-state index is 0.0926. The van der Waals surface area contributed by atoms with Crippen molar-refractivity contribution in [2.24, 2.45) is 0 Å². The molecular formula is C16H18F4N2. The molecule has 0 saturated heterocycles. The van der Waals surface area contributed by atoms with Crippen molar-refractivity contribution in [2.75, 3.05) is 14.1 Å². The van der Waals surface area contributed by atoms with Gasteiger partial charge in [-0.15, -0.1) is 0 Å². The van der Waals surface area contributed by atoms with E-state index in [0.717, 1.165) is 6.07 Å². The van der Waals surface area contributed by atoms with Crippen LogP contribution in [0.15, 0.2) is 36.4 Å². The molecule has 0 radical (unpaired) electrons. The summed E-state index contributed by atoms with van der Waals surface area (Å²) in [4.78, 5) is 0. The summed E-state index contributed by atoms with van der Waals surface area (Å²) >= 11 is 0. The molecule has 2 aromatic carbocycles. The molecule has 0 aliphatic heterocycles. The first-order valence-electron chi connectivity index (χ1n) is 6.65. The largest absolute Gasteiger partial charge is 0.316 e. The average molecular weight is 314 g/mol. The average Bonchev–Trinajstić information content (AvgIpc) is 2.47. The fraction of sp³-hybridized carbons (Fsp3) is 0.250. The van der Waals surface area contributed by atoms with Crippen LogP contribution in [0, 0.1) is 23.3 Å². The van der Waals surface area contributed by atoms with Gasteiger partial charge in [0.25, 0.3) is 0 Å². The number of rotatable bonds is 4. The molecule has 0 aromatic heterocycles. The third-order valence-corrected chi connectivity index (χ3v) is 2.80. The number of hydrogen-bond donors (Lipinski definition) is 2. The lowest BCUT2D eigenvalue weighted by molar-refractivity contribution is 0.546. The predicted molar refractivity (Wildman–Crippen MR) is 78.2 cm³/mol. The highest BCUT2D eigenvalue weighted by Crippen LogP contribution is 2.11. The summed E-state index contributed by atoms with van der Waals surface area (Å²) in [6.07, 6.45) is 0. The standard InChI is InChI=1S/2C8H9F2N/c1-11-5-6-2-3-7(9)4-8(6)10;1-11-5-6-7(9)3-2-4-8(6)10/h2*2-4,11H,5H2,1H3. The molecule has 0 unspecified atom stereocenters. The van der Waals surface area contributed by atoms with Gasteiger partial charge in [-0.2, -0.15) is 0 Å². The Labute approximate surface area is 127 Å². The van der Waals surface area contributed by atoms with E-state index in [-0.39, 0.29) is 12.1 Å². The van der Waals surface area contributed by atoms with Gasteiger partial charge in [0.2, 0.25) is 0 Å². The van der Waals surface area contributed by atoms with Gasteiger partial charge in [0.15, 0.2) is 0 Å². The fourth-order valence-corrected chi connectivity index (χ4v) is 1.73. The van der Waals surface area contributed by atoms with Crippen molar-refractivity contribution in [1.29, 1.82) is 0 Å². The third-order valence-electron chi connectivity index (χ3n) is 2.80. The minimum Gasteiger partial charge on any atom is -0.316 e. The van der Waals surface area contributed by atoms with Crippen LogP contribution in [-0.4, -0.2) is 14.1 Å². The monoisotopic (exact) mass is 314 g/mol. The molecule has 2 aromatic rings. The van der Waals surface area contributed by atoms with E-state index in [9.17, 15) is 17.6 Å². The van der Waals surface area contributed by atoms with Crippen molar-refractivity contribution >= 4 is 0 Å². The molecule has 2 rings (SSSR count). The molecule has 0 amide bonds. The Hall–Kier alpha value is -1.92. The molecule has 120 valence electrons. The summed E-state index contributed by atoms with van der Waals surface area (Å²) in [7, 11) is 3.36. The van der Waals surface area contributed by atoms with Crippen molar-refractivity contribution in [3.05, 3.63) is 70.8 Å². The van der Waals surface area contributed by atoms with Crippen LogP contribution in [0.1, 0.15) is 11.1 Å². The van der Waals surface area contributed by atoms with Gasteiger partial charge in [-0.05, 0) is 32.3 Å². The van der Waals surface area contributed by atoms with Crippen LogP contribution >= 0.6 is 0 Å². The summed E-state index contributed by atoms with van der Waals surface area (Å²) in [6.45, 7) is 0.643. The molecule has 2 N–H and O–H groups in total. The summed E-state index contributed by atoms with van der Waals surface area (Å²) in [6, 6.07) is 7.40. The van der Waals surface area contributed by atoms with Gasteiger partial charge in [0.05, 0.1) is 0 Å². The maximum absolute atomic E-state index is 12.8. The lowest BCUT2D eigenvalue weighted by Gasteiger charge is -2.02. The molecule has 6 heteroatoms. The van der Waals surface area contributed by atoms with Gasteiger partial charge in [-0.3, -0.25) is 0 Å². The van der Waals surface area contributed by atoms with E-state index in [0.29, 0.717) is 12.1 Å². The lowest BCUT2D eigenvalue weighted by atomic mass is 10.2. The highest BCUT2D eigenvalue weighted by Gasteiger charge is 2.05. The number of nitrogens with one attached hydrogen (secondary N) is 2. The predicted octanol–water partition coefficient (Wildman–Crippen LogP) is 3.37. The summed E-state index contributed by atoms with van der Waals surface area (Å²) in [5.41, 5.74) is 0.573. The van der Waals surface area contributed by atoms with E-state index in [4.69, 9.17) is 0 Å². The van der Waals surface area contributed by atoms with Crippen molar-refractivity contribution in [3.8, 4) is 0 Å². The van der Waals surface area contributed by atoms with Gasteiger partial charge in [-0.1, -0.05) is 12.1 Å². The Bertz CT molecular complexity index is 582. The van der Waals surface area contributed by atoms with Gasteiger partial charge in [0.1, 0.15) is 23.3 Å². The van der Waals surface area contributed by atoms with Crippen LogP contribution < -0.4 is 10.6 Å². The van der Waals surface area contributed by atoms with E-state index in [1.54, 1.807) is 14.1 Å². The second-order valence-electron chi connectivity index (χ2n) is 4.50. The Kier molecular flexibility index (Phi) is 7.56. The van der Waals surface area contributed by atoms with Gasteiger partial charge in [0, 0.05) is 30.3 Å². The van der Waals surface area contributed by atoms with E-state index >= 15 is 0 Å². The SMILES string of the molecule is CNCc1c(F)cccc1F.CNCc1ccc(F)cc1F. The van der Waals surface area contributed by atoms with E-state index in [1.807, 2.05) is 0 Å². The maximum atomic E-state index is 12.8. The van der Waals surface area contributed by atoms with Crippen LogP contribution in [0.5, 0.6) is 0 Å². The van der Waals surface area contributed by atoms with Gasteiger partial charge < -0.3 is 10.6 Å². The van der Waals surface area contributed by atoms with Crippen molar-refractivity contribution in [2.45, 2.75) is 13.1 Å². The highest BCUT2D eigenvalue weighted by atomic mass is 19.1. The Morgan fingerprint density at radius 2 is 1.36 bits per heavy atom. The van der Waals surface area contributed by atoms with E-state index in [1.165, 1.54) is 30.3 Å². The van der Waals surface area contributed by atoms with Crippen molar-refractivity contribution in [1.82, 2.24) is 10.6 Å². The second kappa shape index (κ2) is 9.17. The first-order chi connectivity index (χ1) is 10.5. The van der Waals surface area contributed by atoms with Crippen LogP contribution in [0.2, 0.25) is 0 Å². The number of benzene rings is 2. The summed E-state index contributed by atoms with van der Waals surface area (Å²) < 4.78 is 50.6. The zero-order chi connectivity index (χ0) is 16.5. The smallest absolute Gasteiger partial charge is 0.130 e. The second-order valence-corrected chi connectivity index (χ2v) is 4.50. The first-order valence-corrected chi connectivity index (χ1v) is 6.65. The normalized spacial score (nSPS) is 10.1. The van der Waals surface area contributed by atoms with Crippen LogP contribution in [0.3, 0.4) is 0 Å². The molecule has 22 heavy (non-hydrogen) atoms. The van der Waals surface area contributed by atoms with Gasteiger partial charge >= 0.3 is 0 Å². The number of halogens is 4. The minimum atomic E-state index is -0.539. The molecule has 0 spiro atoms. The molecule has 2 nitrogen and oxygen atoms in total. The van der Waals surface area contributed by atoms with Crippen LogP contribution in [0.4, 0.5) is 17.6 Å². The van der Waals surface area contributed by atoms with Crippen LogP contribution in [-0.2, 0) is 13.1 Å². The van der Waals surface area contributed by atoms with Crippen LogP contribution in [0.25, 0.3) is 0 Å². The molecule has 0 atom stereocenters. The molecule has 0 aliphatic rings. The van der Waals surface area contributed by atoms with Gasteiger partial charge in [-0.25, -0.2) is 17.6 Å². The quantitative estimate of drug-likeness (QED) is 0.846. The lowest BCUT2D eigenvalue weighted by Crippen LogP contribution is -2.08. The van der Waals surface area contributed by atoms with Crippen molar-refractivity contribution < 1.29 is 17.6 Å². The fourth-order valence-electron chi connectivity index (χ4n) is 1.73. The topological polar surface area (TPSA) is 24.1 Å². The Morgan fingerprint density at radius 1 is 0.773 bits per heavy atom. The highest BCUT2D eigenvalue weighted by molar-refractivity contribution is 5.19. The molecule has 0 bridgehead atoms. The maximum Gasteiger partial charge on any atom is 0.130 e. The molecule has 0 heterocycles. The molecular weight excluding hydrogens is 296 g/mol. The Morgan fingerprint density at radius 3 is 1.86 bits per heavy atom.